The smallest absolute Gasteiger partial charge is 0.334 e. The fraction of sp³-hybridized carbons (Fsp3) is 0.125. The molecule has 0 radical (unpaired) electrons. The van der Waals surface area contributed by atoms with Crippen LogP contribution in [0.3, 0.4) is 0 Å². The Morgan fingerprint density at radius 3 is 2.21 bits per heavy atom. The molecule has 0 saturated heterocycles. The van der Waals surface area contributed by atoms with Crippen molar-refractivity contribution in [3.8, 4) is 11.1 Å². The predicted molar refractivity (Wildman–Crippen MR) is 86.9 cm³/mol. The Bertz CT molecular complexity index is 848. The van der Waals surface area contributed by atoms with Gasteiger partial charge in [0.2, 0.25) is 0 Å². The Morgan fingerprint density at radius 2 is 1.62 bits per heavy atom. The summed E-state index contributed by atoms with van der Waals surface area (Å²) in [6, 6.07) is 14.1. The highest BCUT2D eigenvalue weighted by molar-refractivity contribution is 7.83. The largest absolute Gasteiger partial charge is 0.480 e. The third-order valence-electron chi connectivity index (χ3n) is 3.27. The van der Waals surface area contributed by atoms with Gasteiger partial charge in [-0.25, -0.2) is 0 Å². The maximum absolute atomic E-state index is 12.2. The first-order valence-corrected chi connectivity index (χ1v) is 8.36. The van der Waals surface area contributed by atoms with Gasteiger partial charge in [0.05, 0.1) is 0 Å². The molecule has 0 aliphatic rings. The van der Waals surface area contributed by atoms with Crippen LogP contribution in [0.5, 0.6) is 0 Å². The van der Waals surface area contributed by atoms with Crippen LogP contribution in [-0.2, 0) is 15.1 Å². The van der Waals surface area contributed by atoms with Crippen molar-refractivity contribution < 1.29 is 27.7 Å². The molecule has 0 amide bonds. The molecule has 1 unspecified atom stereocenters. The van der Waals surface area contributed by atoms with Crippen molar-refractivity contribution in [1.29, 1.82) is 0 Å². The topological polar surface area (TPSA) is 121 Å². The van der Waals surface area contributed by atoms with Crippen LogP contribution in [0.15, 0.2) is 54.6 Å². The van der Waals surface area contributed by atoms with Gasteiger partial charge < -0.3 is 5.11 Å². The van der Waals surface area contributed by atoms with Crippen molar-refractivity contribution in [2.75, 3.05) is 0 Å². The molecule has 0 fully saturated rings. The molecule has 2 aromatic carbocycles. The monoisotopic (exact) mass is 349 g/mol. The Hall–Kier alpha value is -2.55. The third-order valence-corrected chi connectivity index (χ3v) is 3.85. The van der Waals surface area contributed by atoms with Crippen molar-refractivity contribution in [3.05, 3.63) is 60.2 Å². The standard InChI is InChI=1S/C16H15NO6S/c18-15(10-14(16(19)20)17-24(21,22)23)13-8-4-7-12(9-13)11-5-2-1-3-6-11/h1-9,14,17H,10H2,(H,19,20)(H,21,22,23). The summed E-state index contributed by atoms with van der Waals surface area (Å²) in [4.78, 5) is 23.3. The number of ketones is 1. The molecule has 8 heteroatoms. The van der Waals surface area contributed by atoms with Gasteiger partial charge in [-0.05, 0) is 17.2 Å². The molecule has 0 spiro atoms. The lowest BCUT2D eigenvalue weighted by Crippen LogP contribution is -2.41. The lowest BCUT2D eigenvalue weighted by atomic mass is 9.99. The number of Topliss-reactive ketones (excluding diaryl/α,β-unsaturated/α-hetero) is 1. The van der Waals surface area contributed by atoms with Crippen LogP contribution in [0.25, 0.3) is 11.1 Å². The molecule has 0 heterocycles. The van der Waals surface area contributed by atoms with E-state index in [-0.39, 0.29) is 5.56 Å². The summed E-state index contributed by atoms with van der Waals surface area (Å²) in [7, 11) is -4.73. The van der Waals surface area contributed by atoms with Crippen LogP contribution in [0.4, 0.5) is 0 Å². The van der Waals surface area contributed by atoms with Crippen molar-refractivity contribution in [2.45, 2.75) is 12.5 Å². The molecular formula is C16H15NO6S. The van der Waals surface area contributed by atoms with Gasteiger partial charge in [-0.3, -0.25) is 14.1 Å². The first-order chi connectivity index (χ1) is 11.3. The van der Waals surface area contributed by atoms with E-state index in [9.17, 15) is 18.0 Å². The molecule has 3 N–H and O–H groups in total. The Morgan fingerprint density at radius 1 is 1.00 bits per heavy atom. The molecule has 0 aliphatic heterocycles. The van der Waals surface area contributed by atoms with E-state index in [1.54, 1.807) is 18.2 Å². The van der Waals surface area contributed by atoms with E-state index < -0.39 is 34.5 Å². The number of carbonyl (C=O) groups excluding carboxylic acids is 1. The van der Waals surface area contributed by atoms with Crippen LogP contribution < -0.4 is 4.72 Å². The maximum atomic E-state index is 12.2. The van der Waals surface area contributed by atoms with Gasteiger partial charge >= 0.3 is 16.3 Å². The summed E-state index contributed by atoms with van der Waals surface area (Å²) in [5, 5.41) is 8.97. The summed E-state index contributed by atoms with van der Waals surface area (Å²) in [5.41, 5.74) is 1.91. The second-order valence-corrected chi connectivity index (χ2v) is 6.24. The average molecular weight is 349 g/mol. The molecule has 2 rings (SSSR count). The Kier molecular flexibility index (Phi) is 5.45. The van der Waals surface area contributed by atoms with Gasteiger partial charge in [0.25, 0.3) is 0 Å². The number of carbonyl (C=O) groups is 2. The van der Waals surface area contributed by atoms with Crippen LogP contribution in [0.2, 0.25) is 0 Å². The van der Waals surface area contributed by atoms with E-state index in [2.05, 4.69) is 0 Å². The summed E-state index contributed by atoms with van der Waals surface area (Å²) in [6.07, 6.45) is -0.618. The van der Waals surface area contributed by atoms with Crippen molar-refractivity contribution in [1.82, 2.24) is 4.72 Å². The second-order valence-electron chi connectivity index (χ2n) is 5.06. The molecule has 0 saturated carbocycles. The number of benzene rings is 2. The minimum atomic E-state index is -4.73. The average Bonchev–Trinajstić information content (AvgIpc) is 2.54. The van der Waals surface area contributed by atoms with Crippen molar-refractivity contribution >= 4 is 22.1 Å². The lowest BCUT2D eigenvalue weighted by molar-refractivity contribution is -0.138. The number of aliphatic carboxylic acids is 1. The zero-order valence-corrected chi connectivity index (χ0v) is 13.2. The first-order valence-electron chi connectivity index (χ1n) is 6.92. The third kappa shape index (κ3) is 4.98. The fourth-order valence-corrected chi connectivity index (χ4v) is 2.71. The number of hydrogen-bond donors (Lipinski definition) is 3. The number of rotatable bonds is 7. The highest BCUT2D eigenvalue weighted by atomic mass is 32.2. The highest BCUT2D eigenvalue weighted by Crippen LogP contribution is 2.21. The molecule has 1 atom stereocenters. The lowest BCUT2D eigenvalue weighted by Gasteiger charge is -2.12. The van der Waals surface area contributed by atoms with Gasteiger partial charge in [-0.1, -0.05) is 48.5 Å². The molecule has 0 aromatic heterocycles. The summed E-state index contributed by atoms with van der Waals surface area (Å²) < 4.78 is 31.8. The predicted octanol–water partition coefficient (Wildman–Crippen LogP) is 1.77. The molecule has 2 aromatic rings. The van der Waals surface area contributed by atoms with Crippen LogP contribution in [0.1, 0.15) is 16.8 Å². The molecule has 126 valence electrons. The summed E-state index contributed by atoms with van der Waals surface area (Å²) in [6.45, 7) is 0. The molecule has 7 nitrogen and oxygen atoms in total. The fourth-order valence-electron chi connectivity index (χ4n) is 2.17. The van der Waals surface area contributed by atoms with E-state index >= 15 is 0 Å². The number of carboxylic acids is 1. The molecule has 0 bridgehead atoms. The first kappa shape index (κ1) is 17.8. The number of carboxylic acid groups (broad SMARTS) is 1. The van der Waals surface area contributed by atoms with E-state index in [4.69, 9.17) is 9.66 Å². The number of hydrogen-bond acceptors (Lipinski definition) is 4. The minimum absolute atomic E-state index is 0.250. The van der Waals surface area contributed by atoms with E-state index in [0.717, 1.165) is 11.1 Å². The molecule has 24 heavy (non-hydrogen) atoms. The SMILES string of the molecule is O=C(CC(NS(=O)(=O)O)C(=O)O)c1cccc(-c2ccccc2)c1. The second kappa shape index (κ2) is 7.35. The highest BCUT2D eigenvalue weighted by Gasteiger charge is 2.26. The Labute approximate surface area is 138 Å². The molecular weight excluding hydrogens is 334 g/mol. The van der Waals surface area contributed by atoms with Crippen LogP contribution in [0, 0.1) is 0 Å². The van der Waals surface area contributed by atoms with Crippen LogP contribution in [-0.4, -0.2) is 35.9 Å². The summed E-state index contributed by atoms with van der Waals surface area (Å²) in [5.74, 6) is -2.11. The summed E-state index contributed by atoms with van der Waals surface area (Å²) >= 11 is 0. The minimum Gasteiger partial charge on any atom is -0.480 e. The zero-order chi connectivity index (χ0) is 17.7. The van der Waals surface area contributed by atoms with E-state index in [1.807, 2.05) is 30.3 Å². The van der Waals surface area contributed by atoms with Crippen molar-refractivity contribution in [2.24, 2.45) is 0 Å². The van der Waals surface area contributed by atoms with E-state index in [1.165, 1.54) is 10.8 Å². The van der Waals surface area contributed by atoms with Gasteiger partial charge in [-0.2, -0.15) is 13.1 Å². The van der Waals surface area contributed by atoms with Gasteiger partial charge in [-0.15, -0.1) is 0 Å². The van der Waals surface area contributed by atoms with Crippen molar-refractivity contribution in [3.63, 3.8) is 0 Å². The van der Waals surface area contributed by atoms with Gasteiger partial charge in [0, 0.05) is 12.0 Å². The Balaban J connectivity index is 2.22. The number of nitrogens with one attached hydrogen (secondary N) is 1. The maximum Gasteiger partial charge on any atom is 0.334 e. The molecule has 0 aliphatic carbocycles. The van der Waals surface area contributed by atoms with Gasteiger partial charge in [0.15, 0.2) is 5.78 Å². The quantitative estimate of drug-likeness (QED) is 0.517. The van der Waals surface area contributed by atoms with E-state index in [0.29, 0.717) is 0 Å². The normalized spacial score (nSPS) is 12.5. The van der Waals surface area contributed by atoms with Crippen LogP contribution >= 0.6 is 0 Å². The zero-order valence-electron chi connectivity index (χ0n) is 12.4. The van der Waals surface area contributed by atoms with Gasteiger partial charge in [0.1, 0.15) is 6.04 Å².